The van der Waals surface area contributed by atoms with E-state index in [1.54, 1.807) is 24.3 Å². The van der Waals surface area contributed by atoms with Gasteiger partial charge in [-0.05, 0) is 138 Å². The lowest BCUT2D eigenvalue weighted by molar-refractivity contribution is 0.468. The van der Waals surface area contributed by atoms with Gasteiger partial charge in [0.05, 0.1) is 0 Å². The van der Waals surface area contributed by atoms with E-state index in [1.807, 2.05) is 70.2 Å². The molecule has 1 atom stereocenters. The molecule has 0 spiro atoms. The minimum absolute atomic E-state index is 0.0762. The minimum atomic E-state index is -0.0762. The van der Waals surface area contributed by atoms with Gasteiger partial charge >= 0.3 is 0 Å². The molecule has 6 aromatic carbocycles. The highest BCUT2D eigenvalue weighted by Gasteiger charge is 2.20. The number of benzene rings is 6. The molecule has 6 rings (SSSR count). The molecule has 236 valence electrons. The number of aromatic hydroxyl groups is 4. The summed E-state index contributed by atoms with van der Waals surface area (Å²) in [5, 5.41) is 41.0. The van der Waals surface area contributed by atoms with Gasteiger partial charge in [0.25, 0.3) is 0 Å². The van der Waals surface area contributed by atoms with Crippen molar-refractivity contribution in [1.82, 2.24) is 0 Å². The van der Waals surface area contributed by atoms with Crippen LogP contribution in [0.3, 0.4) is 0 Å². The first-order valence-electron chi connectivity index (χ1n) is 15.8. The predicted octanol–water partition coefficient (Wildman–Crippen LogP) is 10.3. The second-order valence-electron chi connectivity index (χ2n) is 12.2. The van der Waals surface area contributed by atoms with Crippen molar-refractivity contribution in [1.29, 1.82) is 0 Å². The van der Waals surface area contributed by atoms with Crippen LogP contribution in [0.2, 0.25) is 0 Å². The maximum Gasteiger partial charge on any atom is 0.118 e. The summed E-state index contributed by atoms with van der Waals surface area (Å²) in [5.74, 6) is 0.982. The van der Waals surface area contributed by atoms with Gasteiger partial charge in [-0.3, -0.25) is 0 Å². The van der Waals surface area contributed by atoms with E-state index < -0.39 is 0 Å². The molecule has 0 aliphatic rings. The van der Waals surface area contributed by atoms with Crippen LogP contribution in [-0.2, 0) is 6.42 Å². The summed E-state index contributed by atoms with van der Waals surface area (Å²) in [5.41, 5.74) is 11.4. The first-order valence-corrected chi connectivity index (χ1v) is 15.8. The fraction of sp³-hybridized carbons (Fsp3) is 0.143. The number of anilines is 3. The molecule has 5 heteroatoms. The highest BCUT2D eigenvalue weighted by molar-refractivity contribution is 5.79. The zero-order chi connectivity index (χ0) is 33.2. The molecule has 5 nitrogen and oxygen atoms in total. The predicted molar refractivity (Wildman–Crippen MR) is 191 cm³/mol. The monoisotopic (exact) mass is 621 g/mol. The van der Waals surface area contributed by atoms with Crippen molar-refractivity contribution >= 4 is 17.1 Å². The smallest absolute Gasteiger partial charge is 0.118 e. The Hall–Kier alpha value is -5.68. The van der Waals surface area contributed by atoms with E-state index in [9.17, 15) is 20.4 Å². The third-order valence-corrected chi connectivity index (χ3v) is 8.95. The van der Waals surface area contributed by atoms with Gasteiger partial charge in [-0.1, -0.05) is 67.6 Å². The number of rotatable bonds is 8. The highest BCUT2D eigenvalue weighted by atomic mass is 16.3. The average molecular weight is 622 g/mol. The maximum atomic E-state index is 10.4. The van der Waals surface area contributed by atoms with Crippen molar-refractivity contribution in [2.75, 3.05) is 4.90 Å². The lowest BCUT2D eigenvalue weighted by Crippen LogP contribution is -2.10. The van der Waals surface area contributed by atoms with Gasteiger partial charge < -0.3 is 25.3 Å². The summed E-state index contributed by atoms with van der Waals surface area (Å²) in [4.78, 5) is 2.11. The summed E-state index contributed by atoms with van der Waals surface area (Å²) < 4.78 is 0. The van der Waals surface area contributed by atoms with E-state index in [0.29, 0.717) is 5.75 Å². The third-order valence-electron chi connectivity index (χ3n) is 8.95. The van der Waals surface area contributed by atoms with Crippen LogP contribution in [0, 0.1) is 20.8 Å². The molecule has 47 heavy (non-hydrogen) atoms. The zero-order valence-corrected chi connectivity index (χ0v) is 27.1. The molecule has 0 fully saturated rings. The number of hydrogen-bond donors (Lipinski definition) is 4. The molecule has 0 bridgehead atoms. The van der Waals surface area contributed by atoms with E-state index in [4.69, 9.17) is 0 Å². The first kappa shape index (κ1) is 31.3. The van der Waals surface area contributed by atoms with Gasteiger partial charge in [0.15, 0.2) is 0 Å². The number of aryl methyl sites for hydroxylation is 4. The molecule has 0 saturated heterocycles. The molecule has 1 unspecified atom stereocenters. The number of nitrogens with zero attached hydrogens (tertiary/aromatic N) is 1. The molecule has 0 aromatic heterocycles. The lowest BCUT2D eigenvalue weighted by atomic mass is 9.83. The highest BCUT2D eigenvalue weighted by Crippen LogP contribution is 2.40. The number of phenols is 4. The maximum absolute atomic E-state index is 10.4. The molecule has 0 radical (unpaired) electrons. The van der Waals surface area contributed by atoms with Gasteiger partial charge in [-0.2, -0.15) is 0 Å². The van der Waals surface area contributed by atoms with Gasteiger partial charge in [0.1, 0.15) is 23.0 Å². The Labute approximate surface area is 276 Å². The Morgan fingerprint density at radius 2 is 0.851 bits per heavy atom. The fourth-order valence-corrected chi connectivity index (χ4v) is 6.18. The molecule has 6 aromatic rings. The van der Waals surface area contributed by atoms with Crippen LogP contribution >= 0.6 is 0 Å². The molecular weight excluding hydrogens is 582 g/mol. The normalized spacial score (nSPS) is 11.7. The number of hydrogen-bond acceptors (Lipinski definition) is 5. The van der Waals surface area contributed by atoms with Crippen LogP contribution in [0.4, 0.5) is 17.1 Å². The van der Waals surface area contributed by atoms with Crippen LogP contribution in [-0.4, -0.2) is 20.4 Å². The van der Waals surface area contributed by atoms with Crippen molar-refractivity contribution < 1.29 is 20.4 Å². The minimum Gasteiger partial charge on any atom is -0.508 e. The second kappa shape index (κ2) is 13.0. The standard InChI is InChI=1S/C42H39NO4/c1-5-29-25-34(13-19-41(29)47)42(33-12-18-38(44)26(2)22-33)32-8-6-30(7-9-32)31-10-14-35(15-11-31)43(36-16-20-39(45)27(3)23-36)37-17-21-40(46)28(4)24-37/h6-25,42,44-47H,5H2,1-4H3. The summed E-state index contributed by atoms with van der Waals surface area (Å²) in [7, 11) is 0. The molecule has 0 saturated carbocycles. The van der Waals surface area contributed by atoms with E-state index in [2.05, 4.69) is 59.5 Å². The topological polar surface area (TPSA) is 84.2 Å². The molecule has 0 heterocycles. The quantitative estimate of drug-likeness (QED) is 0.127. The Kier molecular flexibility index (Phi) is 8.64. The van der Waals surface area contributed by atoms with E-state index in [0.717, 1.165) is 73.6 Å². The summed E-state index contributed by atoms with van der Waals surface area (Å²) in [6.45, 7) is 7.70. The molecule has 4 N–H and O–H groups in total. The van der Waals surface area contributed by atoms with Crippen molar-refractivity contribution in [2.24, 2.45) is 0 Å². The molecule has 0 aliphatic heterocycles. The molecular formula is C42H39NO4. The largest absolute Gasteiger partial charge is 0.508 e. The Morgan fingerprint density at radius 1 is 0.447 bits per heavy atom. The first-order chi connectivity index (χ1) is 22.6. The summed E-state index contributed by atoms with van der Waals surface area (Å²) >= 11 is 0. The molecule has 0 aliphatic carbocycles. The third kappa shape index (κ3) is 6.38. The fourth-order valence-electron chi connectivity index (χ4n) is 6.18. The van der Waals surface area contributed by atoms with Crippen LogP contribution in [0.5, 0.6) is 23.0 Å². The Morgan fingerprint density at radius 3 is 1.34 bits per heavy atom. The van der Waals surface area contributed by atoms with Crippen LogP contribution < -0.4 is 4.90 Å². The SMILES string of the molecule is CCc1cc(C(c2ccc(-c3ccc(N(c4ccc(O)c(C)c4)c4ccc(O)c(C)c4)cc3)cc2)c2ccc(O)c(C)c2)ccc1O. The van der Waals surface area contributed by atoms with E-state index in [-0.39, 0.29) is 23.2 Å². The second-order valence-corrected chi connectivity index (χ2v) is 12.2. The van der Waals surface area contributed by atoms with E-state index in [1.165, 1.54) is 0 Å². The van der Waals surface area contributed by atoms with Gasteiger partial charge in [0.2, 0.25) is 0 Å². The van der Waals surface area contributed by atoms with Crippen molar-refractivity contribution in [2.45, 2.75) is 40.0 Å². The van der Waals surface area contributed by atoms with Crippen molar-refractivity contribution in [3.8, 4) is 34.1 Å². The summed E-state index contributed by atoms with van der Waals surface area (Å²) in [6.07, 6.45) is 0.728. The molecule has 0 amide bonds. The Bertz CT molecular complexity index is 2000. The van der Waals surface area contributed by atoms with E-state index >= 15 is 0 Å². The average Bonchev–Trinajstić information content (AvgIpc) is 3.07. The lowest BCUT2D eigenvalue weighted by Gasteiger charge is -2.26. The Balaban J connectivity index is 1.36. The van der Waals surface area contributed by atoms with Crippen LogP contribution in [0.15, 0.2) is 121 Å². The van der Waals surface area contributed by atoms with Crippen molar-refractivity contribution in [3.05, 3.63) is 160 Å². The zero-order valence-electron chi connectivity index (χ0n) is 27.1. The van der Waals surface area contributed by atoms with Crippen LogP contribution in [0.25, 0.3) is 11.1 Å². The van der Waals surface area contributed by atoms with Gasteiger partial charge in [-0.15, -0.1) is 0 Å². The van der Waals surface area contributed by atoms with Crippen molar-refractivity contribution in [3.63, 3.8) is 0 Å². The number of phenolic OH excluding ortho intramolecular Hbond substituents is 4. The summed E-state index contributed by atoms with van der Waals surface area (Å²) in [6, 6.07) is 39.6. The van der Waals surface area contributed by atoms with Gasteiger partial charge in [0, 0.05) is 23.0 Å². The van der Waals surface area contributed by atoms with Crippen LogP contribution in [0.1, 0.15) is 51.8 Å². The van der Waals surface area contributed by atoms with Gasteiger partial charge in [-0.25, -0.2) is 0 Å².